The van der Waals surface area contributed by atoms with Gasteiger partial charge in [-0.25, -0.2) is 4.39 Å². The van der Waals surface area contributed by atoms with Crippen molar-refractivity contribution in [3.63, 3.8) is 0 Å². The molecule has 0 bridgehead atoms. The number of halogens is 1. The average molecular weight is 366 g/mol. The van der Waals surface area contributed by atoms with Gasteiger partial charge in [-0.3, -0.25) is 9.59 Å². The van der Waals surface area contributed by atoms with Crippen molar-refractivity contribution in [1.82, 2.24) is 0 Å². The molecule has 0 atom stereocenters. The molecule has 0 spiro atoms. The molecule has 3 aromatic rings. The summed E-state index contributed by atoms with van der Waals surface area (Å²) in [5.41, 5.74) is 1.91. The summed E-state index contributed by atoms with van der Waals surface area (Å²) in [5, 5.41) is 5.51. The Morgan fingerprint density at radius 2 is 1.44 bits per heavy atom. The number of nitrogens with one attached hydrogen (secondary N) is 2. The van der Waals surface area contributed by atoms with Gasteiger partial charge in [-0.15, -0.1) is 0 Å². The minimum absolute atomic E-state index is 0.0734. The Morgan fingerprint density at radius 3 is 2.04 bits per heavy atom. The Labute approximate surface area is 156 Å². The number of amides is 2. The summed E-state index contributed by atoms with van der Waals surface area (Å²) in [6.07, 6.45) is 0. The highest BCUT2D eigenvalue weighted by Gasteiger charge is 2.13. The van der Waals surface area contributed by atoms with E-state index in [4.69, 9.17) is 4.42 Å². The van der Waals surface area contributed by atoms with Crippen molar-refractivity contribution in [3.8, 4) is 11.3 Å². The summed E-state index contributed by atoms with van der Waals surface area (Å²) < 4.78 is 18.6. The highest BCUT2D eigenvalue weighted by Crippen LogP contribution is 2.23. The number of anilines is 2. The van der Waals surface area contributed by atoms with E-state index in [0.29, 0.717) is 22.7 Å². The second kappa shape index (κ2) is 7.86. The van der Waals surface area contributed by atoms with Gasteiger partial charge in [0.25, 0.3) is 5.91 Å². The van der Waals surface area contributed by atoms with E-state index >= 15 is 0 Å². The Kier molecular flexibility index (Phi) is 5.35. The summed E-state index contributed by atoms with van der Waals surface area (Å²) in [6.45, 7) is 3.63. The third kappa shape index (κ3) is 4.61. The van der Waals surface area contributed by atoms with E-state index in [1.54, 1.807) is 48.5 Å². The van der Waals surface area contributed by atoms with Crippen LogP contribution in [0.5, 0.6) is 0 Å². The first-order valence-corrected chi connectivity index (χ1v) is 8.50. The standard InChI is InChI=1S/C21H19FN2O3/c1-13(2)20(25)23-16-7-9-17(10-8-16)24-21(26)19-12-11-18(27-19)14-3-5-15(22)6-4-14/h3-13H,1-2H3,(H,23,25)(H,24,26). The van der Waals surface area contributed by atoms with Gasteiger partial charge in [0.1, 0.15) is 11.6 Å². The molecular formula is C21H19FN2O3. The molecular weight excluding hydrogens is 347 g/mol. The van der Waals surface area contributed by atoms with E-state index in [9.17, 15) is 14.0 Å². The lowest BCUT2D eigenvalue weighted by Gasteiger charge is -2.09. The van der Waals surface area contributed by atoms with Gasteiger partial charge in [0.05, 0.1) is 0 Å². The van der Waals surface area contributed by atoms with E-state index < -0.39 is 5.91 Å². The first kappa shape index (κ1) is 18.4. The predicted octanol–water partition coefficient (Wildman–Crippen LogP) is 4.93. The molecule has 3 rings (SSSR count). The molecule has 0 radical (unpaired) electrons. The molecule has 1 aromatic heterocycles. The average Bonchev–Trinajstić information content (AvgIpc) is 3.14. The van der Waals surface area contributed by atoms with Crippen LogP contribution >= 0.6 is 0 Å². The van der Waals surface area contributed by atoms with Crippen molar-refractivity contribution in [2.24, 2.45) is 5.92 Å². The molecule has 5 nitrogen and oxygen atoms in total. The minimum Gasteiger partial charge on any atom is -0.451 e. The zero-order valence-corrected chi connectivity index (χ0v) is 15.0. The van der Waals surface area contributed by atoms with Crippen molar-refractivity contribution in [2.75, 3.05) is 10.6 Å². The molecule has 0 fully saturated rings. The quantitative estimate of drug-likeness (QED) is 0.672. The molecule has 27 heavy (non-hydrogen) atoms. The molecule has 1 heterocycles. The van der Waals surface area contributed by atoms with Crippen LogP contribution in [0.1, 0.15) is 24.4 Å². The molecule has 0 saturated heterocycles. The van der Waals surface area contributed by atoms with Gasteiger partial charge in [0.15, 0.2) is 5.76 Å². The number of benzene rings is 2. The molecule has 6 heteroatoms. The normalized spacial score (nSPS) is 10.7. The fourth-order valence-corrected chi connectivity index (χ4v) is 2.35. The first-order chi connectivity index (χ1) is 12.9. The molecule has 0 unspecified atom stereocenters. The maximum atomic E-state index is 13.0. The summed E-state index contributed by atoms with van der Waals surface area (Å²) in [5.74, 6) is -0.300. The van der Waals surface area contributed by atoms with Crippen LogP contribution in [0.4, 0.5) is 15.8 Å². The Bertz CT molecular complexity index is 944. The highest BCUT2D eigenvalue weighted by molar-refractivity contribution is 6.02. The smallest absolute Gasteiger partial charge is 0.291 e. The number of carbonyl (C=O) groups is 2. The van der Waals surface area contributed by atoms with Gasteiger partial charge in [0.2, 0.25) is 5.91 Å². The van der Waals surface area contributed by atoms with Gasteiger partial charge in [-0.2, -0.15) is 0 Å². The van der Waals surface area contributed by atoms with Crippen LogP contribution < -0.4 is 10.6 Å². The highest BCUT2D eigenvalue weighted by atomic mass is 19.1. The number of hydrogen-bond donors (Lipinski definition) is 2. The SMILES string of the molecule is CC(C)C(=O)Nc1ccc(NC(=O)c2ccc(-c3ccc(F)cc3)o2)cc1. The van der Waals surface area contributed by atoms with E-state index in [1.165, 1.54) is 12.1 Å². The van der Waals surface area contributed by atoms with Crippen LogP contribution in [0.25, 0.3) is 11.3 Å². The van der Waals surface area contributed by atoms with E-state index in [2.05, 4.69) is 10.6 Å². The fourth-order valence-electron chi connectivity index (χ4n) is 2.35. The first-order valence-electron chi connectivity index (χ1n) is 8.50. The minimum atomic E-state index is -0.401. The second-order valence-electron chi connectivity index (χ2n) is 6.35. The zero-order valence-electron chi connectivity index (χ0n) is 15.0. The maximum Gasteiger partial charge on any atom is 0.291 e. The third-order valence-corrected chi connectivity index (χ3v) is 3.89. The van der Waals surface area contributed by atoms with Crippen LogP contribution in [0, 0.1) is 11.7 Å². The monoisotopic (exact) mass is 366 g/mol. The van der Waals surface area contributed by atoms with Crippen molar-refractivity contribution >= 4 is 23.2 Å². The second-order valence-corrected chi connectivity index (χ2v) is 6.35. The van der Waals surface area contributed by atoms with Crippen molar-refractivity contribution < 1.29 is 18.4 Å². The summed E-state index contributed by atoms with van der Waals surface area (Å²) in [6, 6.07) is 15.9. The maximum absolute atomic E-state index is 13.0. The van der Waals surface area contributed by atoms with E-state index in [-0.39, 0.29) is 23.4 Å². The summed E-state index contributed by atoms with van der Waals surface area (Å²) in [4.78, 5) is 24.0. The zero-order chi connectivity index (χ0) is 19.4. The Hall–Kier alpha value is -3.41. The largest absolute Gasteiger partial charge is 0.451 e. The number of furan rings is 1. The fraction of sp³-hybridized carbons (Fsp3) is 0.143. The molecule has 2 N–H and O–H groups in total. The van der Waals surface area contributed by atoms with Gasteiger partial charge >= 0.3 is 0 Å². The summed E-state index contributed by atoms with van der Waals surface area (Å²) >= 11 is 0. The third-order valence-electron chi connectivity index (χ3n) is 3.89. The Morgan fingerprint density at radius 1 is 0.852 bits per heavy atom. The molecule has 0 aliphatic rings. The number of rotatable bonds is 5. The van der Waals surface area contributed by atoms with Crippen LogP contribution in [-0.4, -0.2) is 11.8 Å². The summed E-state index contributed by atoms with van der Waals surface area (Å²) in [7, 11) is 0. The van der Waals surface area contributed by atoms with Gasteiger partial charge in [-0.1, -0.05) is 13.8 Å². The lowest BCUT2D eigenvalue weighted by molar-refractivity contribution is -0.118. The molecule has 0 aliphatic carbocycles. The molecule has 2 amide bonds. The van der Waals surface area contributed by atoms with Gasteiger partial charge in [-0.05, 0) is 60.7 Å². The molecule has 2 aromatic carbocycles. The van der Waals surface area contributed by atoms with Gasteiger partial charge < -0.3 is 15.1 Å². The lowest BCUT2D eigenvalue weighted by Crippen LogP contribution is -2.17. The van der Waals surface area contributed by atoms with Crippen LogP contribution in [0.3, 0.4) is 0 Å². The van der Waals surface area contributed by atoms with Crippen LogP contribution in [0.2, 0.25) is 0 Å². The number of carbonyl (C=O) groups excluding carboxylic acids is 2. The van der Waals surface area contributed by atoms with Crippen molar-refractivity contribution in [2.45, 2.75) is 13.8 Å². The number of hydrogen-bond acceptors (Lipinski definition) is 3. The van der Waals surface area contributed by atoms with E-state index in [0.717, 1.165) is 0 Å². The Balaban J connectivity index is 1.65. The molecule has 138 valence electrons. The predicted molar refractivity (Wildman–Crippen MR) is 102 cm³/mol. The molecule has 0 saturated carbocycles. The van der Waals surface area contributed by atoms with Crippen LogP contribution in [0.15, 0.2) is 65.1 Å². The lowest BCUT2D eigenvalue weighted by atomic mass is 10.2. The van der Waals surface area contributed by atoms with E-state index in [1.807, 2.05) is 13.8 Å². The van der Waals surface area contributed by atoms with Crippen molar-refractivity contribution in [1.29, 1.82) is 0 Å². The molecule has 0 aliphatic heterocycles. The van der Waals surface area contributed by atoms with Crippen molar-refractivity contribution in [3.05, 3.63) is 72.2 Å². The van der Waals surface area contributed by atoms with Crippen LogP contribution in [-0.2, 0) is 4.79 Å². The topological polar surface area (TPSA) is 71.3 Å². The van der Waals surface area contributed by atoms with Gasteiger partial charge in [0, 0.05) is 22.9 Å².